The fourth-order valence-electron chi connectivity index (χ4n) is 2.37. The van der Waals surface area contributed by atoms with Gasteiger partial charge in [0, 0.05) is 12.1 Å². The summed E-state index contributed by atoms with van der Waals surface area (Å²) in [7, 11) is 0. The van der Waals surface area contributed by atoms with Crippen molar-refractivity contribution in [2.24, 2.45) is 5.92 Å². The van der Waals surface area contributed by atoms with Crippen molar-refractivity contribution in [2.45, 2.75) is 46.6 Å². The highest BCUT2D eigenvalue weighted by atomic mass is 16.5. The van der Waals surface area contributed by atoms with Gasteiger partial charge in [-0.25, -0.2) is 4.79 Å². The highest BCUT2D eigenvalue weighted by molar-refractivity contribution is 5.87. The molecular weight excluding hydrogens is 356 g/mol. The van der Waals surface area contributed by atoms with Crippen LogP contribution in [0.15, 0.2) is 51.9 Å². The van der Waals surface area contributed by atoms with Crippen molar-refractivity contribution >= 4 is 12.0 Å². The Bertz CT molecular complexity index is 844. The Morgan fingerprint density at radius 1 is 1.14 bits per heavy atom. The summed E-state index contributed by atoms with van der Waals surface area (Å²) in [4.78, 5) is 23.9. The molecule has 150 valence electrons. The number of ether oxygens (including phenoxy) is 2. The first kappa shape index (κ1) is 21.5. The predicted molar refractivity (Wildman–Crippen MR) is 109 cm³/mol. The molecular formula is C23H28O5. The Morgan fingerprint density at radius 2 is 1.86 bits per heavy atom. The predicted octanol–water partition coefficient (Wildman–Crippen LogP) is 4.94. The summed E-state index contributed by atoms with van der Waals surface area (Å²) >= 11 is 0. The minimum absolute atomic E-state index is 0.114. The van der Waals surface area contributed by atoms with E-state index in [0.717, 1.165) is 12.0 Å². The number of carbonyl (C=O) groups is 1. The maximum absolute atomic E-state index is 12.0. The molecule has 5 nitrogen and oxygen atoms in total. The molecule has 0 spiro atoms. The number of benzene rings is 1. The van der Waals surface area contributed by atoms with Crippen LogP contribution in [0.1, 0.15) is 56.9 Å². The lowest BCUT2D eigenvalue weighted by Crippen LogP contribution is -2.11. The van der Waals surface area contributed by atoms with Crippen molar-refractivity contribution in [1.29, 1.82) is 0 Å². The zero-order chi connectivity index (χ0) is 20.5. The molecule has 28 heavy (non-hydrogen) atoms. The van der Waals surface area contributed by atoms with Gasteiger partial charge in [0.15, 0.2) is 0 Å². The van der Waals surface area contributed by atoms with Gasteiger partial charge in [-0.2, -0.15) is 0 Å². The molecule has 1 heterocycles. The van der Waals surface area contributed by atoms with Crippen molar-refractivity contribution in [3.8, 4) is 5.75 Å². The lowest BCUT2D eigenvalue weighted by molar-refractivity contribution is -0.139. The van der Waals surface area contributed by atoms with E-state index in [2.05, 4.69) is 27.7 Å². The third-order valence-corrected chi connectivity index (χ3v) is 4.18. The molecule has 0 aliphatic heterocycles. The molecule has 0 aliphatic carbocycles. The quantitative estimate of drug-likeness (QED) is 0.452. The zero-order valence-corrected chi connectivity index (χ0v) is 16.9. The highest BCUT2D eigenvalue weighted by Crippen LogP contribution is 2.15. The van der Waals surface area contributed by atoms with Crippen LogP contribution in [0.4, 0.5) is 0 Å². The largest absolute Gasteiger partial charge is 0.487 e. The van der Waals surface area contributed by atoms with Crippen molar-refractivity contribution in [3.63, 3.8) is 0 Å². The first-order chi connectivity index (χ1) is 13.3. The summed E-state index contributed by atoms with van der Waals surface area (Å²) in [6, 6.07) is 9.27. The summed E-state index contributed by atoms with van der Waals surface area (Å²) in [5, 5.41) is 0. The fourth-order valence-corrected chi connectivity index (χ4v) is 2.37. The van der Waals surface area contributed by atoms with Crippen LogP contribution in [-0.2, 0) is 16.1 Å². The third kappa shape index (κ3) is 7.06. The number of carbonyl (C=O) groups excluding carboxylic acids is 1. The van der Waals surface area contributed by atoms with E-state index >= 15 is 0 Å². The van der Waals surface area contributed by atoms with Gasteiger partial charge < -0.3 is 13.9 Å². The lowest BCUT2D eigenvalue weighted by atomic mass is 10.0. The molecule has 2 rings (SSSR count). The number of hydrogen-bond donors (Lipinski definition) is 0. The molecule has 1 aromatic carbocycles. The van der Waals surface area contributed by atoms with E-state index in [0.29, 0.717) is 18.4 Å². The van der Waals surface area contributed by atoms with Crippen molar-refractivity contribution in [2.75, 3.05) is 6.61 Å². The molecule has 0 N–H and O–H groups in total. The van der Waals surface area contributed by atoms with Gasteiger partial charge in [-0.1, -0.05) is 52.0 Å². The summed E-state index contributed by atoms with van der Waals surface area (Å²) < 4.78 is 15.9. The van der Waals surface area contributed by atoms with Crippen molar-refractivity contribution < 1.29 is 18.7 Å². The Kier molecular flexibility index (Phi) is 8.05. The number of esters is 1. The standard InChI is InChI=1S/C23H28O5/c1-16(2)11-12-26-22-15-27-20(13-21(22)24)14-28-23(25)10-7-18-5-8-19(9-6-18)17(3)4/h5-10,13,15-17H,11-12,14H2,1-4H3/b10-7+. The highest BCUT2D eigenvalue weighted by Gasteiger charge is 2.07. The Morgan fingerprint density at radius 3 is 2.46 bits per heavy atom. The second-order valence-corrected chi connectivity index (χ2v) is 7.37. The maximum atomic E-state index is 12.0. The van der Waals surface area contributed by atoms with E-state index < -0.39 is 5.97 Å². The number of rotatable bonds is 9. The van der Waals surface area contributed by atoms with E-state index in [9.17, 15) is 9.59 Å². The van der Waals surface area contributed by atoms with Gasteiger partial charge in [-0.05, 0) is 35.5 Å². The molecule has 0 atom stereocenters. The molecule has 0 saturated heterocycles. The molecule has 2 aromatic rings. The van der Waals surface area contributed by atoms with Crippen LogP contribution >= 0.6 is 0 Å². The van der Waals surface area contributed by atoms with E-state index in [1.165, 1.54) is 24.0 Å². The van der Waals surface area contributed by atoms with Crippen LogP contribution in [0.5, 0.6) is 5.75 Å². The lowest BCUT2D eigenvalue weighted by Gasteiger charge is -2.07. The first-order valence-corrected chi connectivity index (χ1v) is 9.54. The van der Waals surface area contributed by atoms with Crippen LogP contribution in [0, 0.1) is 5.92 Å². The second kappa shape index (κ2) is 10.5. The minimum atomic E-state index is -0.507. The van der Waals surface area contributed by atoms with Crippen LogP contribution < -0.4 is 10.2 Å². The third-order valence-electron chi connectivity index (χ3n) is 4.18. The Labute approximate surface area is 166 Å². The molecule has 0 fully saturated rings. The molecule has 0 radical (unpaired) electrons. The topological polar surface area (TPSA) is 65.7 Å². The molecule has 5 heteroatoms. The number of hydrogen-bond acceptors (Lipinski definition) is 5. The molecule has 0 saturated carbocycles. The van der Waals surface area contributed by atoms with Crippen molar-refractivity contribution in [1.82, 2.24) is 0 Å². The average molecular weight is 384 g/mol. The van der Waals surface area contributed by atoms with E-state index in [1.54, 1.807) is 6.08 Å². The van der Waals surface area contributed by atoms with E-state index in [-0.39, 0.29) is 23.5 Å². The minimum Gasteiger partial charge on any atom is -0.487 e. The molecule has 0 aliphatic rings. The van der Waals surface area contributed by atoms with E-state index in [1.807, 2.05) is 24.3 Å². The normalized spacial score (nSPS) is 11.4. The van der Waals surface area contributed by atoms with Crippen LogP contribution in [0.3, 0.4) is 0 Å². The second-order valence-electron chi connectivity index (χ2n) is 7.37. The molecule has 0 bridgehead atoms. The monoisotopic (exact) mass is 384 g/mol. The smallest absolute Gasteiger partial charge is 0.331 e. The SMILES string of the molecule is CC(C)CCOc1coc(COC(=O)/C=C/c2ccc(C(C)C)cc2)cc1=O. The Hall–Kier alpha value is -2.82. The van der Waals surface area contributed by atoms with Gasteiger partial charge in [0.2, 0.25) is 11.2 Å². The van der Waals surface area contributed by atoms with E-state index in [4.69, 9.17) is 13.9 Å². The van der Waals surface area contributed by atoms with Gasteiger partial charge >= 0.3 is 5.97 Å². The van der Waals surface area contributed by atoms with Crippen LogP contribution in [0.25, 0.3) is 6.08 Å². The van der Waals surface area contributed by atoms with Crippen LogP contribution in [0.2, 0.25) is 0 Å². The van der Waals surface area contributed by atoms with Gasteiger partial charge in [0.1, 0.15) is 18.6 Å². The van der Waals surface area contributed by atoms with Gasteiger partial charge in [-0.3, -0.25) is 4.79 Å². The molecule has 0 unspecified atom stereocenters. The first-order valence-electron chi connectivity index (χ1n) is 9.54. The Balaban J connectivity index is 1.85. The molecule has 0 amide bonds. The summed E-state index contributed by atoms with van der Waals surface area (Å²) in [6.07, 6.45) is 5.16. The molecule has 1 aromatic heterocycles. The average Bonchev–Trinajstić information content (AvgIpc) is 2.66. The summed E-state index contributed by atoms with van der Waals surface area (Å²) in [6.45, 7) is 8.77. The van der Waals surface area contributed by atoms with Gasteiger partial charge in [-0.15, -0.1) is 0 Å². The van der Waals surface area contributed by atoms with Crippen molar-refractivity contribution in [3.05, 3.63) is 69.8 Å². The van der Waals surface area contributed by atoms with Gasteiger partial charge in [0.25, 0.3) is 0 Å². The zero-order valence-electron chi connectivity index (χ0n) is 16.9. The summed E-state index contributed by atoms with van der Waals surface area (Å²) in [5.74, 6) is 0.883. The fraction of sp³-hybridized carbons (Fsp3) is 0.391. The van der Waals surface area contributed by atoms with Crippen LogP contribution in [-0.4, -0.2) is 12.6 Å². The summed E-state index contributed by atoms with van der Waals surface area (Å²) in [5.41, 5.74) is 1.86. The maximum Gasteiger partial charge on any atom is 0.331 e. The van der Waals surface area contributed by atoms with Gasteiger partial charge in [0.05, 0.1) is 6.61 Å².